The smallest absolute Gasteiger partial charge is 0.113 e. The SMILES string of the molecule is N[C@@H]1C=C[C@H](N)[C@@H](O)C(OCc2ccccc2)[C@H]1O. The molecule has 0 radical (unpaired) electrons. The summed E-state index contributed by atoms with van der Waals surface area (Å²) < 4.78 is 5.61. The first-order valence-electron chi connectivity index (χ1n) is 6.31. The number of ether oxygens (including phenoxy) is 1. The summed E-state index contributed by atoms with van der Waals surface area (Å²) in [5.41, 5.74) is 12.5. The standard InChI is InChI=1S/C14H20N2O3/c15-10-6-7-11(16)13(18)14(12(10)17)19-8-9-4-2-1-3-5-9/h1-7,10-14,17-18H,8,15-16H2/t10-,11+,12+,13-,14?. The van der Waals surface area contributed by atoms with Crippen molar-refractivity contribution in [3.8, 4) is 0 Å². The Morgan fingerprint density at radius 3 is 2.00 bits per heavy atom. The number of hydrogen-bond donors (Lipinski definition) is 4. The van der Waals surface area contributed by atoms with Crippen LogP contribution in [0.25, 0.3) is 0 Å². The predicted molar refractivity (Wildman–Crippen MR) is 72.1 cm³/mol. The summed E-state index contributed by atoms with van der Waals surface area (Å²) in [5, 5.41) is 20.1. The fourth-order valence-electron chi connectivity index (χ4n) is 2.09. The van der Waals surface area contributed by atoms with E-state index in [0.717, 1.165) is 5.56 Å². The van der Waals surface area contributed by atoms with Gasteiger partial charge in [0.2, 0.25) is 0 Å². The zero-order valence-corrected chi connectivity index (χ0v) is 10.6. The van der Waals surface area contributed by atoms with Crippen LogP contribution < -0.4 is 11.5 Å². The molecule has 5 atom stereocenters. The van der Waals surface area contributed by atoms with Gasteiger partial charge in [-0.1, -0.05) is 42.5 Å². The fraction of sp³-hybridized carbons (Fsp3) is 0.429. The summed E-state index contributed by atoms with van der Waals surface area (Å²) in [4.78, 5) is 0. The van der Waals surface area contributed by atoms with E-state index in [9.17, 15) is 10.2 Å². The molecule has 0 spiro atoms. The lowest BCUT2D eigenvalue weighted by atomic mass is 10.0. The van der Waals surface area contributed by atoms with Crippen molar-refractivity contribution in [1.29, 1.82) is 0 Å². The second-order valence-electron chi connectivity index (χ2n) is 4.78. The number of aliphatic hydroxyl groups is 2. The lowest BCUT2D eigenvalue weighted by Crippen LogP contribution is -2.51. The molecule has 0 aromatic heterocycles. The Balaban J connectivity index is 2.04. The quantitative estimate of drug-likeness (QED) is 0.552. The van der Waals surface area contributed by atoms with Crippen molar-refractivity contribution in [2.75, 3.05) is 0 Å². The Morgan fingerprint density at radius 1 is 0.947 bits per heavy atom. The highest BCUT2D eigenvalue weighted by atomic mass is 16.5. The minimum absolute atomic E-state index is 0.291. The van der Waals surface area contributed by atoms with Crippen LogP contribution in [0, 0.1) is 0 Å². The van der Waals surface area contributed by atoms with Gasteiger partial charge in [0, 0.05) is 0 Å². The molecule has 1 unspecified atom stereocenters. The van der Waals surface area contributed by atoms with Gasteiger partial charge in [-0.15, -0.1) is 0 Å². The maximum absolute atomic E-state index is 10.1. The summed E-state index contributed by atoms with van der Waals surface area (Å²) in [7, 11) is 0. The summed E-state index contributed by atoms with van der Waals surface area (Å²) in [6.07, 6.45) is 0.432. The van der Waals surface area contributed by atoms with E-state index in [-0.39, 0.29) is 0 Å². The van der Waals surface area contributed by atoms with Crippen LogP contribution in [-0.2, 0) is 11.3 Å². The highest BCUT2D eigenvalue weighted by Gasteiger charge is 2.36. The summed E-state index contributed by atoms with van der Waals surface area (Å²) in [5.74, 6) is 0. The van der Waals surface area contributed by atoms with Gasteiger partial charge in [0.25, 0.3) is 0 Å². The van der Waals surface area contributed by atoms with Crippen LogP contribution in [0.5, 0.6) is 0 Å². The second-order valence-corrected chi connectivity index (χ2v) is 4.78. The van der Waals surface area contributed by atoms with Crippen LogP contribution in [0.4, 0.5) is 0 Å². The van der Waals surface area contributed by atoms with Gasteiger partial charge in [-0.2, -0.15) is 0 Å². The second kappa shape index (κ2) is 6.27. The average Bonchev–Trinajstić information content (AvgIpc) is 2.52. The molecule has 1 aromatic carbocycles. The molecule has 0 fully saturated rings. The number of nitrogens with two attached hydrogens (primary N) is 2. The van der Waals surface area contributed by atoms with Gasteiger partial charge in [0.1, 0.15) is 18.3 Å². The van der Waals surface area contributed by atoms with Crippen molar-refractivity contribution in [3.05, 3.63) is 48.0 Å². The monoisotopic (exact) mass is 264 g/mol. The molecule has 5 heteroatoms. The number of rotatable bonds is 3. The topological polar surface area (TPSA) is 102 Å². The first kappa shape index (κ1) is 14.2. The fourth-order valence-corrected chi connectivity index (χ4v) is 2.09. The molecule has 1 aliphatic rings. The van der Waals surface area contributed by atoms with Crippen molar-refractivity contribution >= 4 is 0 Å². The Labute approximate surface area is 112 Å². The van der Waals surface area contributed by atoms with Crippen LogP contribution >= 0.6 is 0 Å². The third kappa shape index (κ3) is 3.40. The van der Waals surface area contributed by atoms with Gasteiger partial charge in [-0.25, -0.2) is 0 Å². The van der Waals surface area contributed by atoms with E-state index in [2.05, 4.69) is 0 Å². The maximum atomic E-state index is 10.1. The molecule has 0 saturated heterocycles. The lowest BCUT2D eigenvalue weighted by molar-refractivity contribution is -0.109. The Morgan fingerprint density at radius 2 is 1.47 bits per heavy atom. The summed E-state index contributed by atoms with van der Waals surface area (Å²) >= 11 is 0. The molecule has 104 valence electrons. The predicted octanol–water partition coefficient (Wildman–Crippen LogP) is -0.482. The molecule has 1 aromatic rings. The van der Waals surface area contributed by atoms with E-state index >= 15 is 0 Å². The van der Waals surface area contributed by atoms with Crippen LogP contribution in [0.15, 0.2) is 42.5 Å². The molecule has 5 nitrogen and oxygen atoms in total. The Bertz CT molecular complexity index is 406. The van der Waals surface area contributed by atoms with E-state index < -0.39 is 30.4 Å². The molecule has 6 N–H and O–H groups in total. The molecule has 19 heavy (non-hydrogen) atoms. The van der Waals surface area contributed by atoms with Crippen molar-refractivity contribution in [2.24, 2.45) is 11.5 Å². The number of benzene rings is 1. The lowest BCUT2D eigenvalue weighted by Gasteiger charge is -2.29. The van der Waals surface area contributed by atoms with Gasteiger partial charge in [0.15, 0.2) is 0 Å². The minimum atomic E-state index is -0.983. The van der Waals surface area contributed by atoms with Crippen molar-refractivity contribution in [1.82, 2.24) is 0 Å². The normalized spacial score (nSPS) is 35.1. The third-order valence-corrected chi connectivity index (χ3v) is 3.30. The molecular formula is C14H20N2O3. The maximum Gasteiger partial charge on any atom is 0.113 e. The van der Waals surface area contributed by atoms with Gasteiger partial charge in [-0.05, 0) is 5.56 Å². The van der Waals surface area contributed by atoms with Gasteiger partial charge in [-0.3, -0.25) is 0 Å². The molecule has 0 aliphatic heterocycles. The molecule has 0 bridgehead atoms. The number of hydrogen-bond acceptors (Lipinski definition) is 5. The van der Waals surface area contributed by atoms with Crippen LogP contribution in [-0.4, -0.2) is 40.6 Å². The molecule has 0 saturated carbocycles. The molecule has 0 heterocycles. The van der Waals surface area contributed by atoms with Crippen molar-refractivity contribution in [2.45, 2.75) is 37.0 Å². The van der Waals surface area contributed by atoms with E-state index in [4.69, 9.17) is 16.2 Å². The first-order chi connectivity index (χ1) is 9.09. The number of aliphatic hydroxyl groups excluding tert-OH is 2. The van der Waals surface area contributed by atoms with Crippen LogP contribution in [0.1, 0.15) is 5.56 Å². The minimum Gasteiger partial charge on any atom is -0.388 e. The van der Waals surface area contributed by atoms with E-state index in [1.807, 2.05) is 30.3 Å². The van der Waals surface area contributed by atoms with Crippen LogP contribution in [0.3, 0.4) is 0 Å². The van der Waals surface area contributed by atoms with E-state index in [1.165, 1.54) is 0 Å². The highest BCUT2D eigenvalue weighted by molar-refractivity contribution is 5.14. The van der Waals surface area contributed by atoms with Gasteiger partial charge < -0.3 is 26.4 Å². The average molecular weight is 264 g/mol. The highest BCUT2D eigenvalue weighted by Crippen LogP contribution is 2.17. The molecule has 0 amide bonds. The zero-order valence-electron chi connectivity index (χ0n) is 10.6. The van der Waals surface area contributed by atoms with E-state index in [1.54, 1.807) is 12.2 Å². The molecular weight excluding hydrogens is 244 g/mol. The first-order valence-corrected chi connectivity index (χ1v) is 6.31. The summed E-state index contributed by atoms with van der Waals surface area (Å²) in [6.45, 7) is 0.291. The molecule has 1 aliphatic carbocycles. The van der Waals surface area contributed by atoms with Crippen LogP contribution in [0.2, 0.25) is 0 Å². The van der Waals surface area contributed by atoms with Crippen molar-refractivity contribution < 1.29 is 14.9 Å². The van der Waals surface area contributed by atoms with Crippen molar-refractivity contribution in [3.63, 3.8) is 0 Å². The largest absolute Gasteiger partial charge is 0.388 e. The third-order valence-electron chi connectivity index (χ3n) is 3.30. The summed E-state index contributed by atoms with van der Waals surface area (Å²) in [6, 6.07) is 8.35. The van der Waals surface area contributed by atoms with Gasteiger partial charge in [0.05, 0.1) is 18.7 Å². The zero-order chi connectivity index (χ0) is 13.8. The van der Waals surface area contributed by atoms with E-state index in [0.29, 0.717) is 6.61 Å². The van der Waals surface area contributed by atoms with Gasteiger partial charge >= 0.3 is 0 Å². The Hall–Kier alpha value is -1.24. The molecule has 2 rings (SSSR count). The Kier molecular flexibility index (Phi) is 4.68.